The second kappa shape index (κ2) is 8.68. The summed E-state index contributed by atoms with van der Waals surface area (Å²) in [5, 5.41) is 24.0. The fraction of sp³-hybridized carbons (Fsp3) is 0.412. The Morgan fingerprint density at radius 1 is 1.16 bits per heavy atom. The normalized spacial score (nSPS) is 13.6. The highest BCUT2D eigenvalue weighted by Crippen LogP contribution is 2.23. The van der Waals surface area contributed by atoms with Gasteiger partial charge in [0, 0.05) is 29.8 Å². The molecule has 25 heavy (non-hydrogen) atoms. The lowest BCUT2D eigenvalue weighted by Gasteiger charge is -2.21. The molecule has 0 bridgehead atoms. The summed E-state index contributed by atoms with van der Waals surface area (Å²) in [6, 6.07) is 1.75. The first-order valence-electron chi connectivity index (χ1n) is 7.93. The Bertz CT molecular complexity index is 718. The molecule has 0 aliphatic carbocycles. The molecule has 0 radical (unpaired) electrons. The zero-order valence-corrected chi connectivity index (χ0v) is 14.9. The number of hydrogen-bond donors (Lipinski definition) is 3. The molecule has 0 saturated heterocycles. The molecule has 0 aromatic carbocycles. The van der Waals surface area contributed by atoms with Crippen LogP contribution in [0.5, 0.6) is 0 Å². The molecule has 2 atom stereocenters. The minimum absolute atomic E-state index is 0.124. The van der Waals surface area contributed by atoms with Crippen LogP contribution in [-0.4, -0.2) is 44.2 Å². The summed E-state index contributed by atoms with van der Waals surface area (Å²) in [5.74, 6) is -2.00. The number of hydrogen-bond acceptors (Lipinski definition) is 6. The maximum absolute atomic E-state index is 11.5. The van der Waals surface area contributed by atoms with Crippen molar-refractivity contribution in [3.63, 3.8) is 0 Å². The predicted molar refractivity (Wildman–Crippen MR) is 94.5 cm³/mol. The Kier molecular flexibility index (Phi) is 6.60. The van der Waals surface area contributed by atoms with Crippen molar-refractivity contribution in [2.24, 2.45) is 5.92 Å². The summed E-state index contributed by atoms with van der Waals surface area (Å²) in [6.45, 7) is 3.80. The molecule has 2 heterocycles. The number of nitrogens with zero attached hydrogens (tertiary/aromatic N) is 2. The molecule has 2 aromatic rings. The van der Waals surface area contributed by atoms with Crippen molar-refractivity contribution in [3.05, 3.63) is 35.6 Å². The smallest absolute Gasteiger partial charge is 0.321 e. The van der Waals surface area contributed by atoms with Gasteiger partial charge in [-0.3, -0.25) is 19.9 Å². The van der Waals surface area contributed by atoms with Crippen molar-refractivity contribution in [2.75, 3.05) is 0 Å². The molecule has 134 valence electrons. The van der Waals surface area contributed by atoms with E-state index in [0.717, 1.165) is 10.6 Å². The van der Waals surface area contributed by atoms with E-state index in [1.54, 1.807) is 17.8 Å². The number of aliphatic carboxylic acids is 2. The maximum Gasteiger partial charge on any atom is 0.321 e. The van der Waals surface area contributed by atoms with Gasteiger partial charge in [0.25, 0.3) is 0 Å². The zero-order valence-electron chi connectivity index (χ0n) is 14.0. The molecule has 3 N–H and O–H groups in total. The van der Waals surface area contributed by atoms with Gasteiger partial charge in [0.15, 0.2) is 0 Å². The van der Waals surface area contributed by atoms with Gasteiger partial charge in [0.1, 0.15) is 17.1 Å². The van der Waals surface area contributed by atoms with Crippen molar-refractivity contribution >= 4 is 23.3 Å². The van der Waals surface area contributed by atoms with Crippen LogP contribution in [0.3, 0.4) is 0 Å². The van der Waals surface area contributed by atoms with Crippen LogP contribution in [0.4, 0.5) is 0 Å². The molecule has 0 saturated carbocycles. The monoisotopic (exact) mass is 363 g/mol. The molecule has 0 aliphatic heterocycles. The molecule has 7 nitrogen and oxygen atoms in total. The summed E-state index contributed by atoms with van der Waals surface area (Å²) >= 11 is 1.42. The molecule has 2 unspecified atom stereocenters. The second-order valence-electron chi connectivity index (χ2n) is 6.16. The van der Waals surface area contributed by atoms with Crippen LogP contribution in [0.2, 0.25) is 0 Å². The molecule has 0 spiro atoms. The summed E-state index contributed by atoms with van der Waals surface area (Å²) < 4.78 is 0. The van der Waals surface area contributed by atoms with Gasteiger partial charge in [-0.05, 0) is 24.5 Å². The highest BCUT2D eigenvalue weighted by Gasteiger charge is 2.27. The highest BCUT2D eigenvalue weighted by atomic mass is 32.1. The van der Waals surface area contributed by atoms with E-state index in [-0.39, 0.29) is 12.3 Å². The average molecular weight is 363 g/mol. The minimum atomic E-state index is -1.09. The van der Waals surface area contributed by atoms with Crippen LogP contribution in [0.15, 0.2) is 29.9 Å². The van der Waals surface area contributed by atoms with Gasteiger partial charge in [-0.1, -0.05) is 13.8 Å². The van der Waals surface area contributed by atoms with Crippen LogP contribution in [0, 0.1) is 5.92 Å². The summed E-state index contributed by atoms with van der Waals surface area (Å²) in [7, 11) is 0. The molecular formula is C17H21N3O4S. The van der Waals surface area contributed by atoms with Crippen LogP contribution < -0.4 is 5.32 Å². The summed E-state index contributed by atoms with van der Waals surface area (Å²) in [5.41, 5.74) is 1.53. The first kappa shape index (κ1) is 19.0. The molecule has 2 aromatic heterocycles. The van der Waals surface area contributed by atoms with Gasteiger partial charge in [-0.25, -0.2) is 4.98 Å². The number of pyridine rings is 1. The first-order chi connectivity index (χ1) is 11.9. The number of carbonyl (C=O) groups is 2. The molecule has 2 rings (SSSR count). The van der Waals surface area contributed by atoms with E-state index >= 15 is 0 Å². The molecule has 0 aliphatic rings. The van der Waals surface area contributed by atoms with E-state index in [4.69, 9.17) is 0 Å². The maximum atomic E-state index is 11.5. The first-order valence-corrected chi connectivity index (χ1v) is 8.81. The van der Waals surface area contributed by atoms with Crippen molar-refractivity contribution in [2.45, 2.75) is 38.8 Å². The van der Waals surface area contributed by atoms with E-state index in [9.17, 15) is 19.8 Å². The van der Waals surface area contributed by atoms with Gasteiger partial charge in [-0.15, -0.1) is 11.3 Å². The fourth-order valence-electron chi connectivity index (χ4n) is 2.41. The Hall–Kier alpha value is -2.32. The lowest BCUT2D eigenvalue weighted by molar-refractivity contribution is -0.142. The van der Waals surface area contributed by atoms with Gasteiger partial charge < -0.3 is 10.2 Å². The molecular weight excluding hydrogens is 342 g/mol. The third-order valence-electron chi connectivity index (χ3n) is 3.60. The number of rotatable bonds is 9. The standard InChI is InChI=1S/C17H21N3O4S/c1-10(2)7-13(16(21)22)20-14(17(23)24)8-12-9-25-15(19-12)11-3-5-18-6-4-11/h3-6,9-10,13-14,20H,7-8H2,1-2H3,(H,21,22)(H,23,24). The van der Waals surface area contributed by atoms with Crippen LogP contribution in [-0.2, 0) is 16.0 Å². The largest absolute Gasteiger partial charge is 0.480 e. The quantitative estimate of drug-likeness (QED) is 0.626. The lowest BCUT2D eigenvalue weighted by atomic mass is 10.0. The third-order valence-corrected chi connectivity index (χ3v) is 4.54. The number of carboxylic acids is 2. The Morgan fingerprint density at radius 2 is 1.80 bits per heavy atom. The van der Waals surface area contributed by atoms with Crippen molar-refractivity contribution in [3.8, 4) is 10.6 Å². The topological polar surface area (TPSA) is 112 Å². The number of thiazole rings is 1. The number of aromatic nitrogens is 2. The SMILES string of the molecule is CC(C)CC(NC(Cc1csc(-c2ccncc2)n1)C(=O)O)C(=O)O. The van der Waals surface area contributed by atoms with E-state index < -0.39 is 24.0 Å². The van der Waals surface area contributed by atoms with Gasteiger partial charge in [-0.2, -0.15) is 0 Å². The van der Waals surface area contributed by atoms with E-state index in [0.29, 0.717) is 12.1 Å². The van der Waals surface area contributed by atoms with Gasteiger partial charge in [0.05, 0.1) is 5.69 Å². The Morgan fingerprint density at radius 3 is 2.36 bits per heavy atom. The average Bonchev–Trinajstić information content (AvgIpc) is 3.02. The van der Waals surface area contributed by atoms with Crippen molar-refractivity contribution in [1.29, 1.82) is 0 Å². The van der Waals surface area contributed by atoms with Crippen LogP contribution >= 0.6 is 11.3 Å². The fourth-order valence-corrected chi connectivity index (χ4v) is 3.25. The number of nitrogens with one attached hydrogen (secondary N) is 1. The minimum Gasteiger partial charge on any atom is -0.480 e. The molecule has 0 fully saturated rings. The van der Waals surface area contributed by atoms with E-state index in [1.165, 1.54) is 11.3 Å². The zero-order chi connectivity index (χ0) is 18.4. The van der Waals surface area contributed by atoms with E-state index in [2.05, 4.69) is 15.3 Å². The summed E-state index contributed by atoms with van der Waals surface area (Å²) in [4.78, 5) is 31.3. The molecule has 8 heteroatoms. The number of carboxylic acid groups (broad SMARTS) is 2. The van der Waals surface area contributed by atoms with Gasteiger partial charge >= 0.3 is 11.9 Å². The Balaban J connectivity index is 2.10. The highest BCUT2D eigenvalue weighted by molar-refractivity contribution is 7.13. The van der Waals surface area contributed by atoms with Gasteiger partial charge in [0.2, 0.25) is 0 Å². The van der Waals surface area contributed by atoms with Crippen LogP contribution in [0.25, 0.3) is 10.6 Å². The van der Waals surface area contributed by atoms with Crippen molar-refractivity contribution < 1.29 is 19.8 Å². The predicted octanol–water partition coefficient (Wildman–Crippen LogP) is 2.29. The Labute approximate surface area is 149 Å². The van der Waals surface area contributed by atoms with Crippen molar-refractivity contribution in [1.82, 2.24) is 15.3 Å². The molecule has 0 amide bonds. The van der Waals surface area contributed by atoms with Crippen LogP contribution in [0.1, 0.15) is 26.0 Å². The van der Waals surface area contributed by atoms with E-state index in [1.807, 2.05) is 26.0 Å². The third kappa shape index (κ3) is 5.61. The second-order valence-corrected chi connectivity index (χ2v) is 7.02. The lowest BCUT2D eigenvalue weighted by Crippen LogP contribution is -2.48. The summed E-state index contributed by atoms with van der Waals surface area (Å²) in [6.07, 6.45) is 3.82.